The number of methoxy groups -OCH3 is 1. The smallest absolute Gasteiger partial charge is 0.255 e. The molecule has 1 heterocycles. The van der Waals surface area contributed by atoms with Crippen LogP contribution in [0, 0.1) is 0 Å². The van der Waals surface area contributed by atoms with Gasteiger partial charge in [0.25, 0.3) is 5.91 Å². The summed E-state index contributed by atoms with van der Waals surface area (Å²) in [4.78, 5) is 16.8. The predicted molar refractivity (Wildman–Crippen MR) is 115 cm³/mol. The van der Waals surface area contributed by atoms with Crippen molar-refractivity contribution in [1.29, 1.82) is 0 Å². The van der Waals surface area contributed by atoms with Crippen LogP contribution in [0.15, 0.2) is 85.3 Å². The Morgan fingerprint density at radius 1 is 0.966 bits per heavy atom. The molecule has 1 aromatic heterocycles. The fraction of sp³-hybridized carbons (Fsp3) is 0.0435. The standard InChI is InChI=1S/C23H18ClN3O2/c1-29-21-12-10-20(11-13-21)27-14-22(25-15-27)16-4-8-19(9-5-16)26-23(28)17-2-6-18(24)7-3-17/h2-15H,1H3,(H,26,28). The Balaban J connectivity index is 1.47. The fourth-order valence-electron chi connectivity index (χ4n) is 2.90. The van der Waals surface area contributed by atoms with Crippen molar-refractivity contribution in [2.24, 2.45) is 0 Å². The number of amides is 1. The van der Waals surface area contributed by atoms with Gasteiger partial charge in [0.15, 0.2) is 0 Å². The van der Waals surface area contributed by atoms with Crippen molar-refractivity contribution in [2.45, 2.75) is 0 Å². The van der Waals surface area contributed by atoms with E-state index in [0.29, 0.717) is 16.3 Å². The molecule has 29 heavy (non-hydrogen) atoms. The molecule has 0 aliphatic carbocycles. The lowest BCUT2D eigenvalue weighted by Crippen LogP contribution is -2.11. The van der Waals surface area contributed by atoms with E-state index in [9.17, 15) is 4.79 Å². The maximum atomic E-state index is 12.3. The highest BCUT2D eigenvalue weighted by Gasteiger charge is 2.08. The van der Waals surface area contributed by atoms with E-state index in [0.717, 1.165) is 22.7 Å². The molecular weight excluding hydrogens is 386 g/mol. The summed E-state index contributed by atoms with van der Waals surface area (Å²) in [5.41, 5.74) is 4.06. The Morgan fingerprint density at radius 3 is 2.31 bits per heavy atom. The molecule has 0 saturated carbocycles. The summed E-state index contributed by atoms with van der Waals surface area (Å²) in [6, 6.07) is 22.1. The summed E-state index contributed by atoms with van der Waals surface area (Å²) in [6.45, 7) is 0. The second kappa shape index (κ2) is 8.20. The zero-order chi connectivity index (χ0) is 20.2. The zero-order valence-electron chi connectivity index (χ0n) is 15.7. The summed E-state index contributed by atoms with van der Waals surface area (Å²) in [5.74, 6) is 0.628. The Labute approximate surface area is 173 Å². The van der Waals surface area contributed by atoms with Crippen LogP contribution < -0.4 is 10.1 Å². The lowest BCUT2D eigenvalue weighted by Gasteiger charge is -2.06. The number of rotatable bonds is 5. The number of carbonyl (C=O) groups excluding carboxylic acids is 1. The normalized spacial score (nSPS) is 10.6. The number of imidazole rings is 1. The number of carbonyl (C=O) groups is 1. The van der Waals surface area contributed by atoms with Gasteiger partial charge in [-0.3, -0.25) is 4.79 Å². The van der Waals surface area contributed by atoms with E-state index in [4.69, 9.17) is 16.3 Å². The average Bonchev–Trinajstić information content (AvgIpc) is 3.25. The van der Waals surface area contributed by atoms with E-state index in [2.05, 4.69) is 10.3 Å². The molecule has 0 bridgehead atoms. The Bertz CT molecular complexity index is 1120. The van der Waals surface area contributed by atoms with Crippen molar-refractivity contribution in [3.05, 3.63) is 95.9 Å². The van der Waals surface area contributed by atoms with Crippen LogP contribution in [0.3, 0.4) is 0 Å². The van der Waals surface area contributed by atoms with Crippen LogP contribution in [0.1, 0.15) is 10.4 Å². The van der Waals surface area contributed by atoms with Crippen LogP contribution in [0.5, 0.6) is 5.75 Å². The van der Waals surface area contributed by atoms with Crippen molar-refractivity contribution in [1.82, 2.24) is 9.55 Å². The molecule has 3 aromatic carbocycles. The van der Waals surface area contributed by atoms with Gasteiger partial charge in [0.2, 0.25) is 0 Å². The van der Waals surface area contributed by atoms with E-state index in [1.54, 1.807) is 37.7 Å². The van der Waals surface area contributed by atoms with Crippen LogP contribution in [-0.2, 0) is 0 Å². The fourth-order valence-corrected chi connectivity index (χ4v) is 3.02. The van der Waals surface area contributed by atoms with E-state index < -0.39 is 0 Å². The molecule has 6 heteroatoms. The highest BCUT2D eigenvalue weighted by atomic mass is 35.5. The van der Waals surface area contributed by atoms with Crippen molar-refractivity contribution in [3.8, 4) is 22.7 Å². The van der Waals surface area contributed by atoms with E-state index in [1.807, 2.05) is 59.3 Å². The van der Waals surface area contributed by atoms with E-state index in [-0.39, 0.29) is 5.91 Å². The number of nitrogens with zero attached hydrogens (tertiary/aromatic N) is 2. The number of halogens is 1. The van der Waals surface area contributed by atoms with Gasteiger partial charge in [0.1, 0.15) is 5.75 Å². The molecule has 0 fully saturated rings. The number of nitrogens with one attached hydrogen (secondary N) is 1. The molecule has 5 nitrogen and oxygen atoms in total. The van der Waals surface area contributed by atoms with Gasteiger partial charge in [-0.05, 0) is 60.7 Å². The minimum Gasteiger partial charge on any atom is -0.497 e. The lowest BCUT2D eigenvalue weighted by molar-refractivity contribution is 0.102. The monoisotopic (exact) mass is 403 g/mol. The third-order valence-corrected chi connectivity index (χ3v) is 4.75. The summed E-state index contributed by atoms with van der Waals surface area (Å²) in [5, 5.41) is 3.48. The van der Waals surface area contributed by atoms with Gasteiger partial charge >= 0.3 is 0 Å². The largest absolute Gasteiger partial charge is 0.497 e. The van der Waals surface area contributed by atoms with Crippen LogP contribution in [0.4, 0.5) is 5.69 Å². The third-order valence-electron chi connectivity index (χ3n) is 4.50. The maximum Gasteiger partial charge on any atom is 0.255 e. The summed E-state index contributed by atoms with van der Waals surface area (Å²) < 4.78 is 7.14. The Hall–Kier alpha value is -3.57. The van der Waals surface area contributed by atoms with Crippen LogP contribution >= 0.6 is 11.6 Å². The van der Waals surface area contributed by atoms with Gasteiger partial charge in [0, 0.05) is 33.7 Å². The number of aromatic nitrogens is 2. The molecule has 0 atom stereocenters. The van der Waals surface area contributed by atoms with Crippen molar-refractivity contribution < 1.29 is 9.53 Å². The van der Waals surface area contributed by atoms with E-state index in [1.165, 1.54) is 0 Å². The Kier molecular flexibility index (Phi) is 5.31. The highest BCUT2D eigenvalue weighted by Crippen LogP contribution is 2.22. The van der Waals surface area contributed by atoms with Crippen molar-refractivity contribution in [2.75, 3.05) is 12.4 Å². The molecule has 0 aliphatic rings. The molecule has 144 valence electrons. The number of ether oxygens (including phenoxy) is 1. The first-order valence-corrected chi connectivity index (χ1v) is 9.36. The molecule has 1 N–H and O–H groups in total. The number of benzene rings is 3. The van der Waals surface area contributed by atoms with Gasteiger partial charge in [-0.25, -0.2) is 4.98 Å². The zero-order valence-corrected chi connectivity index (χ0v) is 16.4. The van der Waals surface area contributed by atoms with E-state index >= 15 is 0 Å². The predicted octanol–water partition coefficient (Wildman–Crippen LogP) is 5.45. The quantitative estimate of drug-likeness (QED) is 0.481. The summed E-state index contributed by atoms with van der Waals surface area (Å²) in [7, 11) is 1.64. The minimum atomic E-state index is -0.182. The molecule has 4 rings (SSSR count). The number of anilines is 1. The summed E-state index contributed by atoms with van der Waals surface area (Å²) >= 11 is 5.86. The third kappa shape index (κ3) is 4.31. The summed E-state index contributed by atoms with van der Waals surface area (Å²) in [6.07, 6.45) is 3.73. The van der Waals surface area contributed by atoms with Gasteiger partial charge in [-0.2, -0.15) is 0 Å². The second-order valence-corrected chi connectivity index (χ2v) is 6.84. The molecule has 0 unspecified atom stereocenters. The maximum absolute atomic E-state index is 12.3. The SMILES string of the molecule is COc1ccc(-n2cnc(-c3ccc(NC(=O)c4ccc(Cl)cc4)cc3)c2)cc1. The number of hydrogen-bond acceptors (Lipinski definition) is 3. The molecule has 0 saturated heterocycles. The second-order valence-electron chi connectivity index (χ2n) is 6.40. The van der Waals surface area contributed by atoms with Crippen LogP contribution in [0.25, 0.3) is 16.9 Å². The van der Waals surface area contributed by atoms with Crippen LogP contribution in [-0.4, -0.2) is 22.6 Å². The highest BCUT2D eigenvalue weighted by molar-refractivity contribution is 6.30. The first-order valence-electron chi connectivity index (χ1n) is 8.98. The van der Waals surface area contributed by atoms with Gasteiger partial charge in [0.05, 0.1) is 19.1 Å². The molecule has 0 spiro atoms. The number of hydrogen-bond donors (Lipinski definition) is 1. The topological polar surface area (TPSA) is 56.1 Å². The molecule has 4 aromatic rings. The van der Waals surface area contributed by atoms with Crippen molar-refractivity contribution in [3.63, 3.8) is 0 Å². The first kappa shape index (κ1) is 18.8. The van der Waals surface area contributed by atoms with Gasteiger partial charge in [-0.1, -0.05) is 23.7 Å². The minimum absolute atomic E-state index is 0.182. The average molecular weight is 404 g/mol. The molecular formula is C23H18ClN3O2. The van der Waals surface area contributed by atoms with Gasteiger partial charge < -0.3 is 14.6 Å². The first-order chi connectivity index (χ1) is 14.1. The molecule has 0 radical (unpaired) electrons. The lowest BCUT2D eigenvalue weighted by atomic mass is 10.1. The van der Waals surface area contributed by atoms with Gasteiger partial charge in [-0.15, -0.1) is 0 Å². The van der Waals surface area contributed by atoms with Crippen molar-refractivity contribution >= 4 is 23.2 Å². The Morgan fingerprint density at radius 2 is 1.66 bits per heavy atom. The van der Waals surface area contributed by atoms with Crippen LogP contribution in [0.2, 0.25) is 5.02 Å². The molecule has 1 amide bonds. The molecule has 0 aliphatic heterocycles.